The number of hydrogen-bond donors (Lipinski definition) is 1. The number of imide groups is 1. The maximum absolute atomic E-state index is 12.6. The number of carbonyl (C=O) groups is 4. The zero-order valence-electron chi connectivity index (χ0n) is 15.5. The van der Waals surface area contributed by atoms with E-state index in [-0.39, 0.29) is 36.6 Å². The van der Waals surface area contributed by atoms with E-state index in [1.807, 2.05) is 0 Å². The predicted octanol–water partition coefficient (Wildman–Crippen LogP) is 3.01. The highest BCUT2D eigenvalue weighted by atomic mass is 79.9. The van der Waals surface area contributed by atoms with Gasteiger partial charge in [0.15, 0.2) is 6.61 Å². The molecule has 1 aromatic carbocycles. The van der Waals surface area contributed by atoms with E-state index >= 15 is 0 Å². The second-order valence-corrected chi connectivity index (χ2v) is 9.12. The van der Waals surface area contributed by atoms with Crippen LogP contribution in [0.15, 0.2) is 22.7 Å². The maximum atomic E-state index is 12.6. The summed E-state index contributed by atoms with van der Waals surface area (Å²) in [7, 11) is 0. The molecule has 1 heterocycles. The fraction of sp³-hybridized carbons (Fsp3) is 0.500. The number of anilines is 1. The van der Waals surface area contributed by atoms with E-state index in [9.17, 15) is 19.2 Å². The van der Waals surface area contributed by atoms with Crippen LogP contribution < -0.4 is 5.32 Å². The Kier molecular flexibility index (Phi) is 5.66. The molecular formula is C20H20BrClN2O5. The number of fused-ring (bicyclic) bond motifs is 5. The van der Waals surface area contributed by atoms with Gasteiger partial charge in [-0.2, -0.15) is 0 Å². The van der Waals surface area contributed by atoms with Crippen molar-refractivity contribution in [2.75, 3.05) is 18.5 Å². The highest BCUT2D eigenvalue weighted by Gasteiger charge is 2.60. The lowest BCUT2D eigenvalue weighted by atomic mass is 9.81. The van der Waals surface area contributed by atoms with Gasteiger partial charge in [0.25, 0.3) is 5.91 Å². The summed E-state index contributed by atoms with van der Waals surface area (Å²) in [6, 6.07) is 4.98. The Hall–Kier alpha value is -1.93. The first-order valence-electron chi connectivity index (χ1n) is 9.61. The molecule has 9 heteroatoms. The van der Waals surface area contributed by atoms with Crippen LogP contribution in [0, 0.1) is 23.7 Å². The van der Waals surface area contributed by atoms with Gasteiger partial charge >= 0.3 is 5.97 Å². The topological polar surface area (TPSA) is 92.8 Å². The largest absolute Gasteiger partial charge is 0.456 e. The van der Waals surface area contributed by atoms with Crippen LogP contribution in [0.25, 0.3) is 0 Å². The summed E-state index contributed by atoms with van der Waals surface area (Å²) in [5.41, 5.74) is 0.408. The van der Waals surface area contributed by atoms with E-state index in [4.69, 9.17) is 16.3 Å². The van der Waals surface area contributed by atoms with Crippen LogP contribution in [0.1, 0.15) is 25.7 Å². The summed E-state index contributed by atoms with van der Waals surface area (Å²) >= 11 is 9.30. The van der Waals surface area contributed by atoms with Gasteiger partial charge in [-0.1, -0.05) is 27.5 Å². The molecule has 1 aromatic rings. The first-order chi connectivity index (χ1) is 13.8. The van der Waals surface area contributed by atoms with Gasteiger partial charge in [-0.25, -0.2) is 0 Å². The van der Waals surface area contributed by atoms with Gasteiger partial charge in [-0.3, -0.25) is 24.1 Å². The zero-order chi connectivity index (χ0) is 20.7. The van der Waals surface area contributed by atoms with Gasteiger partial charge in [0, 0.05) is 11.0 Å². The number of hydrogen-bond acceptors (Lipinski definition) is 5. The van der Waals surface area contributed by atoms with Crippen molar-refractivity contribution in [1.29, 1.82) is 0 Å². The van der Waals surface area contributed by atoms with Crippen molar-refractivity contribution in [3.05, 3.63) is 27.7 Å². The van der Waals surface area contributed by atoms with Crippen molar-refractivity contribution in [2.24, 2.45) is 23.7 Å². The van der Waals surface area contributed by atoms with E-state index in [1.165, 1.54) is 4.90 Å². The van der Waals surface area contributed by atoms with Crippen LogP contribution in [0.2, 0.25) is 5.02 Å². The lowest BCUT2D eigenvalue weighted by Crippen LogP contribution is -2.35. The average molecular weight is 484 g/mol. The molecule has 0 unspecified atom stereocenters. The third-order valence-electron chi connectivity index (χ3n) is 6.13. The number of carbonyl (C=O) groups excluding carboxylic acids is 4. The molecule has 2 saturated carbocycles. The van der Waals surface area contributed by atoms with Crippen molar-refractivity contribution < 1.29 is 23.9 Å². The summed E-state index contributed by atoms with van der Waals surface area (Å²) < 4.78 is 5.74. The first kappa shape index (κ1) is 20.3. The molecule has 1 saturated heterocycles. The summed E-state index contributed by atoms with van der Waals surface area (Å²) in [6.45, 7) is -0.467. The highest BCUT2D eigenvalue weighted by Crippen LogP contribution is 2.56. The number of amides is 3. The predicted molar refractivity (Wildman–Crippen MR) is 108 cm³/mol. The Morgan fingerprint density at radius 1 is 1.17 bits per heavy atom. The molecule has 3 amide bonds. The third-order valence-corrected chi connectivity index (χ3v) is 6.93. The molecule has 29 heavy (non-hydrogen) atoms. The molecule has 1 N–H and O–H groups in total. The molecule has 4 atom stereocenters. The van der Waals surface area contributed by atoms with E-state index in [1.54, 1.807) is 18.2 Å². The Bertz CT molecular complexity index is 864. The van der Waals surface area contributed by atoms with Crippen LogP contribution in [0.3, 0.4) is 0 Å². The molecule has 154 valence electrons. The lowest BCUT2D eigenvalue weighted by Gasteiger charge is -2.19. The molecule has 3 aliphatic rings. The van der Waals surface area contributed by atoms with E-state index in [2.05, 4.69) is 21.2 Å². The molecule has 7 nitrogen and oxygen atoms in total. The number of likely N-dealkylation sites (tertiary alicyclic amines) is 1. The van der Waals surface area contributed by atoms with Gasteiger partial charge in [0.2, 0.25) is 11.8 Å². The molecule has 0 spiro atoms. The van der Waals surface area contributed by atoms with Crippen LogP contribution in [0.4, 0.5) is 5.69 Å². The molecule has 2 aliphatic carbocycles. The minimum Gasteiger partial charge on any atom is -0.456 e. The quantitative estimate of drug-likeness (QED) is 0.496. The molecule has 4 rings (SSSR count). The Balaban J connectivity index is 1.24. The van der Waals surface area contributed by atoms with Crippen molar-refractivity contribution in [3.8, 4) is 0 Å². The van der Waals surface area contributed by atoms with Crippen molar-refractivity contribution >= 4 is 56.9 Å². The zero-order valence-corrected chi connectivity index (χ0v) is 17.9. The van der Waals surface area contributed by atoms with Crippen LogP contribution in [-0.2, 0) is 23.9 Å². The fourth-order valence-corrected chi connectivity index (χ4v) is 5.61. The third kappa shape index (κ3) is 3.92. The number of halogens is 2. The standard InChI is InChI=1S/C20H20BrClN2O5/c21-12-3-4-14(13(22)8-12)23-15(25)9-29-16(26)5-6-24-19(27)17-10-1-2-11(7-10)18(17)20(24)28/h3-4,8,10-11,17-18H,1-2,5-7,9H2,(H,23,25)/t10-,11-,17-,18-/m0/s1. The van der Waals surface area contributed by atoms with E-state index in [0.717, 1.165) is 23.7 Å². The van der Waals surface area contributed by atoms with Crippen LogP contribution in [0.5, 0.6) is 0 Å². The van der Waals surface area contributed by atoms with Crippen molar-refractivity contribution in [3.63, 3.8) is 0 Å². The molecule has 2 bridgehead atoms. The number of esters is 1. The van der Waals surface area contributed by atoms with E-state index in [0.29, 0.717) is 22.5 Å². The van der Waals surface area contributed by atoms with Crippen molar-refractivity contribution in [2.45, 2.75) is 25.7 Å². The van der Waals surface area contributed by atoms with Gasteiger partial charge in [0.1, 0.15) is 0 Å². The summed E-state index contributed by atoms with van der Waals surface area (Å²) in [4.78, 5) is 50.3. The van der Waals surface area contributed by atoms with Crippen molar-refractivity contribution in [1.82, 2.24) is 4.90 Å². The van der Waals surface area contributed by atoms with Gasteiger partial charge < -0.3 is 10.1 Å². The van der Waals surface area contributed by atoms with Crippen LogP contribution >= 0.6 is 27.5 Å². The number of benzene rings is 1. The summed E-state index contributed by atoms with van der Waals surface area (Å²) in [5.74, 6) is -1.23. The number of ether oxygens (including phenoxy) is 1. The van der Waals surface area contributed by atoms with Gasteiger partial charge in [-0.05, 0) is 49.3 Å². The SMILES string of the molecule is O=C(COC(=O)CCN1C(=O)[C@H]2[C@H]3CC[C@@H](C3)[C@@H]2C1=O)Nc1ccc(Br)cc1Cl. The van der Waals surface area contributed by atoms with Crippen LogP contribution in [-0.4, -0.2) is 41.7 Å². The lowest BCUT2D eigenvalue weighted by molar-refractivity contribution is -0.149. The van der Waals surface area contributed by atoms with Gasteiger partial charge in [-0.15, -0.1) is 0 Å². The normalized spacial score (nSPS) is 27.3. The molecular weight excluding hydrogens is 464 g/mol. The fourth-order valence-electron chi connectivity index (χ4n) is 4.89. The van der Waals surface area contributed by atoms with E-state index < -0.39 is 18.5 Å². The first-order valence-corrected chi connectivity index (χ1v) is 10.8. The smallest absolute Gasteiger partial charge is 0.308 e. The number of nitrogens with zero attached hydrogens (tertiary/aromatic N) is 1. The summed E-state index contributed by atoms with van der Waals surface area (Å²) in [5, 5.41) is 2.91. The molecule has 0 radical (unpaired) electrons. The molecule has 1 aliphatic heterocycles. The number of rotatable bonds is 6. The van der Waals surface area contributed by atoms with Gasteiger partial charge in [0.05, 0.1) is 29.0 Å². The monoisotopic (exact) mass is 482 g/mol. The number of nitrogens with one attached hydrogen (secondary N) is 1. The second kappa shape index (κ2) is 8.07. The average Bonchev–Trinajstić information content (AvgIpc) is 3.35. The molecule has 3 fully saturated rings. The second-order valence-electron chi connectivity index (χ2n) is 7.80. The Labute approximate surface area is 181 Å². The minimum absolute atomic E-state index is 0.00307. The minimum atomic E-state index is -0.636. The summed E-state index contributed by atoms with van der Waals surface area (Å²) in [6.07, 6.45) is 2.87. The maximum Gasteiger partial charge on any atom is 0.308 e. The Morgan fingerprint density at radius 2 is 1.83 bits per heavy atom. The Morgan fingerprint density at radius 3 is 2.45 bits per heavy atom. The highest BCUT2D eigenvalue weighted by molar-refractivity contribution is 9.10. The molecule has 0 aromatic heterocycles.